The summed E-state index contributed by atoms with van der Waals surface area (Å²) in [7, 11) is 0. The van der Waals surface area contributed by atoms with Gasteiger partial charge in [-0.3, -0.25) is 19.2 Å². The van der Waals surface area contributed by atoms with E-state index >= 15 is 0 Å². The van der Waals surface area contributed by atoms with E-state index in [1.54, 1.807) is 34.4 Å². The number of carbonyl (C=O) groups excluding carboxylic acids is 4. The molecule has 6 rings (SSSR count). The zero-order valence-electron chi connectivity index (χ0n) is 33.7. The zero-order valence-corrected chi connectivity index (χ0v) is 37.0. The van der Waals surface area contributed by atoms with Crippen LogP contribution >= 0.6 is 34.0 Å². The van der Waals surface area contributed by atoms with E-state index in [1.165, 1.54) is 78.7 Å². The summed E-state index contributed by atoms with van der Waals surface area (Å²) in [5, 5.41) is 30.4. The molecule has 2 amide bonds. The molecular formula is C40H52Cu2N8O6S3. The van der Waals surface area contributed by atoms with Crippen molar-refractivity contribution in [1.82, 2.24) is 15.0 Å². The number of aromatic nitrogens is 3. The molecule has 0 aromatic carbocycles. The average Bonchev–Trinajstić information content (AvgIpc) is 4.09. The van der Waals surface area contributed by atoms with Crippen molar-refractivity contribution in [1.29, 1.82) is 0.954 Å². The maximum Gasteiger partial charge on any atom is 0.223 e. The van der Waals surface area contributed by atoms with Gasteiger partial charge in [0, 0.05) is 80.1 Å². The molecule has 0 saturated heterocycles. The number of carbonyl (C=O) groups is 5. The molecule has 2 aliphatic carbocycles. The van der Waals surface area contributed by atoms with E-state index in [-0.39, 0.29) is 61.0 Å². The van der Waals surface area contributed by atoms with Crippen molar-refractivity contribution < 1.29 is 63.1 Å². The number of azide groups is 1. The normalized spacial score (nSPS) is 14.4. The van der Waals surface area contributed by atoms with Crippen LogP contribution in [0.5, 0.6) is 0 Å². The van der Waals surface area contributed by atoms with E-state index in [0.29, 0.717) is 30.2 Å². The summed E-state index contributed by atoms with van der Waals surface area (Å²) in [5.41, 5.74) is 20.1. The second kappa shape index (κ2) is 30.9. The fraction of sp³-hybridized carbons (Fsp3) is 0.450. The molecule has 0 bridgehead atoms. The molecule has 0 spiro atoms. The first-order valence-corrected chi connectivity index (χ1v) is 21.1. The third kappa shape index (κ3) is 20.6. The van der Waals surface area contributed by atoms with Gasteiger partial charge in [0.25, 0.3) is 0 Å². The van der Waals surface area contributed by atoms with Crippen molar-refractivity contribution in [2.45, 2.75) is 89.5 Å². The van der Waals surface area contributed by atoms with Crippen LogP contribution in [0.3, 0.4) is 0 Å². The molecule has 14 nitrogen and oxygen atoms in total. The van der Waals surface area contributed by atoms with Crippen LogP contribution in [0.2, 0.25) is 0 Å². The van der Waals surface area contributed by atoms with Crippen LogP contribution in [0, 0.1) is 37.5 Å². The largest absolute Gasteiger partial charge is 0.370 e. The fourth-order valence-electron chi connectivity index (χ4n) is 6.64. The summed E-state index contributed by atoms with van der Waals surface area (Å²) >= 11 is 7.92. The molecule has 1 radical (unpaired) electrons. The van der Waals surface area contributed by atoms with Crippen LogP contribution in [-0.2, 0) is 50.1 Å². The van der Waals surface area contributed by atoms with Gasteiger partial charge in [0.1, 0.15) is 13.1 Å². The second-order valence-corrected chi connectivity index (χ2v) is 15.8. The average molecular weight is 966 g/mol. The molecule has 0 aliphatic heterocycles. The minimum absolute atomic E-state index is 0. The third-order valence-corrected chi connectivity index (χ3v) is 11.5. The molecule has 4 aromatic heterocycles. The first-order valence-electron chi connectivity index (χ1n) is 18.6. The maximum absolute atomic E-state index is 12.6. The van der Waals surface area contributed by atoms with E-state index in [1.807, 2.05) is 33.7 Å². The standard InChI is InChI=1S/C17H22N4O2S.C15H18OS.C5H4O2S.C2H4N4O.CH3.2Cu.H/c18-17(23)10-21-9-15(19-20-21)14(12-4-2-1-3-5-12)8-16(22)13-6-7-24-11-13;1-2-12(13-6-4-3-5-7-13)10-15(16)14-8-9-17-11-14;6-5(7)4-1-2-8-3-4;3-2(7)1-5-6-4;;;;/h6-7,9,11-12,14H,1-5,8,10H2,(H2,18,23);1,8-9,11-13H,3-7,10H2;1-3H,(H,6,7);1H2,(H2,3,7);1H3;;;/q;;;;-1;;+1;/t14-;12-;;;;;;/m00....../s1/i;;;;;;;1+2. The molecule has 328 valence electrons. The van der Waals surface area contributed by atoms with Gasteiger partial charge in [-0.05, 0) is 77.4 Å². The van der Waals surface area contributed by atoms with Crippen LogP contribution in [0.15, 0.2) is 61.8 Å². The summed E-state index contributed by atoms with van der Waals surface area (Å²) in [4.78, 5) is 57.8. The van der Waals surface area contributed by atoms with Gasteiger partial charge < -0.3 is 24.0 Å². The number of terminal acetylenes is 1. The molecule has 59 heavy (non-hydrogen) atoms. The Kier molecular flexibility index (Phi) is 27.7. The second-order valence-electron chi connectivity index (χ2n) is 13.4. The first-order chi connectivity index (χ1) is 28.0. The Morgan fingerprint density at radius 2 is 1.37 bits per heavy atom. The fourth-order valence-corrected chi connectivity index (χ4v) is 8.59. The van der Waals surface area contributed by atoms with Gasteiger partial charge in [-0.25, -0.2) is 9.48 Å². The van der Waals surface area contributed by atoms with Crippen molar-refractivity contribution in [2.75, 3.05) is 6.54 Å². The van der Waals surface area contributed by atoms with Crippen molar-refractivity contribution in [2.24, 2.45) is 34.3 Å². The molecule has 2 aliphatic rings. The number of rotatable bonds is 14. The number of hydrogen-bond donors (Lipinski definition) is 3. The number of aromatic carboxylic acids is 1. The van der Waals surface area contributed by atoms with Crippen LogP contribution in [0.25, 0.3) is 10.4 Å². The number of nitrogens with two attached hydrogens (primary N) is 2. The Morgan fingerprint density at radius 3 is 1.76 bits per heavy atom. The number of primary amides is 2. The van der Waals surface area contributed by atoms with Gasteiger partial charge >= 0.3 is 23.9 Å². The predicted molar refractivity (Wildman–Crippen MR) is 226 cm³/mol. The summed E-state index contributed by atoms with van der Waals surface area (Å²) in [6.07, 6.45) is 20.5. The van der Waals surface area contributed by atoms with Crippen LogP contribution in [-0.4, -0.2) is 56.9 Å². The Hall–Kier alpha value is -4.10. The first kappa shape index (κ1) is 52.9. The smallest absolute Gasteiger partial charge is 0.223 e. The van der Waals surface area contributed by atoms with Gasteiger partial charge in [0.15, 0.2) is 11.6 Å². The third-order valence-electron chi connectivity index (χ3n) is 9.46. The Morgan fingerprint density at radius 1 is 0.881 bits per heavy atom. The van der Waals surface area contributed by atoms with Crippen molar-refractivity contribution in [3.63, 3.8) is 0 Å². The number of carboxylic acids is 1. The number of ketones is 2. The van der Waals surface area contributed by atoms with E-state index in [9.17, 15) is 24.0 Å². The van der Waals surface area contributed by atoms with Crippen molar-refractivity contribution in [3.8, 4) is 12.3 Å². The molecule has 2 saturated carbocycles. The molecule has 0 unspecified atom stereocenters. The van der Waals surface area contributed by atoms with Crippen molar-refractivity contribution >= 4 is 63.4 Å². The minimum Gasteiger partial charge on any atom is -0.370 e. The van der Waals surface area contributed by atoms with Gasteiger partial charge in [-0.1, -0.05) is 48.9 Å². The summed E-state index contributed by atoms with van der Waals surface area (Å²) in [6.45, 7) is -0.237. The molecule has 4 aromatic rings. The van der Waals surface area contributed by atoms with E-state index in [2.05, 4.69) is 48.9 Å². The predicted octanol–water partition coefficient (Wildman–Crippen LogP) is 8.32. The Balaban J connectivity index is 0.000000841. The summed E-state index contributed by atoms with van der Waals surface area (Å²) < 4.78 is 6.77. The number of hydrogen-bond acceptors (Lipinski definition) is 11. The van der Waals surface area contributed by atoms with Crippen LogP contribution in [0.1, 0.15) is 120 Å². The van der Waals surface area contributed by atoms with Crippen LogP contribution < -0.4 is 11.5 Å². The molecular weight excluding hydrogens is 912 g/mol. The SMILES string of the molecule is C#C[C@@H](CC(=O)c1ccsc1)C1CCCCC1.NC(=O)Cn1cc([C@@H](CC(=O)c2ccsc2)C2CCCCC2)nn1.O=C(O)c1ccsc1.[3H][Cu+].[CH3-].[Cu].[N-]=[N+]=NCC(N)=O. The van der Waals surface area contributed by atoms with Gasteiger partial charge in [0.05, 0.1) is 11.3 Å². The Bertz CT molecular complexity index is 1910. The number of amides is 2. The van der Waals surface area contributed by atoms with E-state index in [4.69, 9.17) is 23.7 Å². The quantitative estimate of drug-likeness (QED) is 0.0211. The zero-order chi connectivity index (χ0) is 42.7. The minimum atomic E-state index is -0.855. The van der Waals surface area contributed by atoms with E-state index < -0.39 is 17.8 Å². The molecule has 2 atom stereocenters. The maximum atomic E-state index is 12.6. The molecule has 19 heteroatoms. The number of thiophene rings is 3. The number of nitrogens with zero attached hydrogens (tertiary/aromatic N) is 6. The van der Waals surface area contributed by atoms with Crippen LogP contribution in [0.4, 0.5) is 0 Å². The monoisotopic (exact) mass is 964 g/mol. The topological polar surface area (TPSA) is 237 Å². The van der Waals surface area contributed by atoms with Gasteiger partial charge in [-0.15, -0.1) is 17.4 Å². The van der Waals surface area contributed by atoms with Crippen molar-refractivity contribution in [3.05, 3.63) is 96.9 Å². The summed E-state index contributed by atoms with van der Waals surface area (Å²) in [5.74, 6) is 2.49. The molecule has 2 fully saturated rings. The Labute approximate surface area is 379 Å². The summed E-state index contributed by atoms with van der Waals surface area (Å²) in [6, 6.07) is 5.34. The molecule has 4 heterocycles. The number of Topliss-reactive ketones (excluding diaryl/α,β-unsaturated/α-hetero) is 2. The number of carboxylic acid groups (broad SMARTS) is 1. The van der Waals surface area contributed by atoms with Gasteiger partial charge in [0.2, 0.25) is 11.8 Å². The van der Waals surface area contributed by atoms with E-state index in [0.717, 1.165) is 29.7 Å². The molecule has 5 N–H and O–H groups in total. The van der Waals surface area contributed by atoms with Gasteiger partial charge in [-0.2, -0.15) is 34.0 Å².